The van der Waals surface area contributed by atoms with Gasteiger partial charge in [0.15, 0.2) is 9.84 Å². The van der Waals surface area contributed by atoms with Gasteiger partial charge in [-0.15, -0.1) is 0 Å². The van der Waals surface area contributed by atoms with Gasteiger partial charge in [-0.2, -0.15) is 0 Å². The third-order valence-corrected chi connectivity index (χ3v) is 4.70. The summed E-state index contributed by atoms with van der Waals surface area (Å²) in [6.07, 6.45) is 0. The van der Waals surface area contributed by atoms with Crippen molar-refractivity contribution in [2.24, 2.45) is 0 Å². The molecule has 1 rings (SSSR count). The van der Waals surface area contributed by atoms with Gasteiger partial charge >= 0.3 is 0 Å². The van der Waals surface area contributed by atoms with Crippen molar-refractivity contribution in [3.8, 4) is 0 Å². The minimum Gasteiger partial charge on any atom is -0.394 e. The van der Waals surface area contributed by atoms with Crippen molar-refractivity contribution in [2.75, 3.05) is 18.1 Å². The van der Waals surface area contributed by atoms with E-state index in [1.807, 2.05) is 37.3 Å². The maximum Gasteiger partial charge on any atom is 0.151 e. The molecule has 0 aromatic heterocycles. The zero-order valence-electron chi connectivity index (χ0n) is 10.8. The summed E-state index contributed by atoms with van der Waals surface area (Å²) in [7, 11) is -3.00. The van der Waals surface area contributed by atoms with Gasteiger partial charge in [-0.05, 0) is 12.5 Å². The molecule has 0 spiro atoms. The molecule has 102 valence electrons. The van der Waals surface area contributed by atoms with E-state index in [9.17, 15) is 13.5 Å². The number of hydrogen-bond acceptors (Lipinski definition) is 4. The van der Waals surface area contributed by atoms with Crippen molar-refractivity contribution in [2.45, 2.75) is 25.9 Å². The van der Waals surface area contributed by atoms with Crippen LogP contribution in [0.4, 0.5) is 0 Å². The Kier molecular flexibility index (Phi) is 5.78. The summed E-state index contributed by atoms with van der Waals surface area (Å²) in [5.41, 5.74) is 0.959. The Morgan fingerprint density at radius 2 is 1.89 bits per heavy atom. The van der Waals surface area contributed by atoms with E-state index >= 15 is 0 Å². The quantitative estimate of drug-likeness (QED) is 0.780. The number of rotatable bonds is 7. The molecule has 2 N–H and O–H groups in total. The highest BCUT2D eigenvalue weighted by Crippen LogP contribution is 2.12. The van der Waals surface area contributed by atoms with Crippen LogP contribution in [-0.2, 0) is 9.84 Å². The lowest BCUT2D eigenvalue weighted by Crippen LogP contribution is -2.37. The molecule has 2 atom stereocenters. The van der Waals surface area contributed by atoms with Gasteiger partial charge in [-0.1, -0.05) is 37.3 Å². The molecule has 0 bridgehead atoms. The van der Waals surface area contributed by atoms with E-state index in [1.165, 1.54) is 0 Å². The standard InChI is InChI=1S/C13H21NO3S/c1-3-18(16,17)10-11(2)14-13(9-15)12-7-5-4-6-8-12/h4-8,11,13-15H,3,9-10H2,1-2H3/t11?,13-/m1/s1. The summed E-state index contributed by atoms with van der Waals surface area (Å²) in [6, 6.07) is 9.10. The summed E-state index contributed by atoms with van der Waals surface area (Å²) in [5.74, 6) is 0.237. The molecule has 5 heteroatoms. The van der Waals surface area contributed by atoms with Gasteiger partial charge in [0.05, 0.1) is 18.4 Å². The van der Waals surface area contributed by atoms with Gasteiger partial charge in [0, 0.05) is 11.8 Å². The van der Waals surface area contributed by atoms with Crippen LogP contribution in [0.15, 0.2) is 30.3 Å². The van der Waals surface area contributed by atoms with E-state index in [0.717, 1.165) is 5.56 Å². The maximum atomic E-state index is 11.5. The topological polar surface area (TPSA) is 66.4 Å². The van der Waals surface area contributed by atoms with Crippen LogP contribution in [0, 0.1) is 0 Å². The number of hydrogen-bond donors (Lipinski definition) is 2. The Balaban J connectivity index is 2.65. The number of aliphatic hydroxyl groups is 1. The largest absolute Gasteiger partial charge is 0.394 e. The number of aliphatic hydroxyl groups excluding tert-OH is 1. The van der Waals surface area contributed by atoms with Crippen LogP contribution in [0.5, 0.6) is 0 Å². The number of sulfone groups is 1. The van der Waals surface area contributed by atoms with Gasteiger partial charge in [0.1, 0.15) is 0 Å². The molecule has 0 aliphatic rings. The highest BCUT2D eigenvalue weighted by molar-refractivity contribution is 7.91. The maximum absolute atomic E-state index is 11.5. The first-order valence-corrected chi connectivity index (χ1v) is 7.93. The molecule has 1 aromatic rings. The third-order valence-electron chi connectivity index (χ3n) is 2.81. The van der Waals surface area contributed by atoms with Crippen LogP contribution in [0.1, 0.15) is 25.5 Å². The SMILES string of the molecule is CCS(=O)(=O)CC(C)N[C@H](CO)c1ccccc1. The molecule has 1 aromatic carbocycles. The molecule has 0 radical (unpaired) electrons. The summed E-state index contributed by atoms with van der Waals surface area (Å²) >= 11 is 0. The van der Waals surface area contributed by atoms with Crippen molar-refractivity contribution in [3.63, 3.8) is 0 Å². The smallest absolute Gasteiger partial charge is 0.151 e. The fourth-order valence-electron chi connectivity index (χ4n) is 1.83. The second kappa shape index (κ2) is 6.87. The lowest BCUT2D eigenvalue weighted by Gasteiger charge is -2.21. The first kappa shape index (κ1) is 15.1. The second-order valence-corrected chi connectivity index (χ2v) is 6.81. The van der Waals surface area contributed by atoms with Crippen molar-refractivity contribution >= 4 is 9.84 Å². The minimum atomic E-state index is -3.00. The summed E-state index contributed by atoms with van der Waals surface area (Å²) in [6.45, 7) is 3.40. The van der Waals surface area contributed by atoms with Crippen molar-refractivity contribution in [3.05, 3.63) is 35.9 Å². The Morgan fingerprint density at radius 1 is 1.28 bits per heavy atom. The van der Waals surface area contributed by atoms with Crippen LogP contribution in [-0.4, -0.2) is 37.7 Å². The monoisotopic (exact) mass is 271 g/mol. The molecule has 0 heterocycles. The average molecular weight is 271 g/mol. The van der Waals surface area contributed by atoms with E-state index in [2.05, 4.69) is 5.32 Å². The van der Waals surface area contributed by atoms with Crippen molar-refractivity contribution < 1.29 is 13.5 Å². The molecular weight excluding hydrogens is 250 g/mol. The van der Waals surface area contributed by atoms with Crippen molar-refractivity contribution in [1.29, 1.82) is 0 Å². The minimum absolute atomic E-state index is 0.0550. The summed E-state index contributed by atoms with van der Waals surface area (Å²) in [4.78, 5) is 0. The molecule has 1 unspecified atom stereocenters. The highest BCUT2D eigenvalue weighted by atomic mass is 32.2. The van der Waals surface area contributed by atoms with Crippen molar-refractivity contribution in [1.82, 2.24) is 5.32 Å². The molecule has 0 saturated carbocycles. The normalized spacial score (nSPS) is 15.3. The zero-order chi connectivity index (χ0) is 13.6. The van der Waals surface area contributed by atoms with E-state index in [0.29, 0.717) is 0 Å². The molecule has 18 heavy (non-hydrogen) atoms. The van der Waals surface area contributed by atoms with E-state index < -0.39 is 9.84 Å². The van der Waals surface area contributed by atoms with Crippen LogP contribution in [0.3, 0.4) is 0 Å². The van der Waals surface area contributed by atoms with Crippen LogP contribution in [0.2, 0.25) is 0 Å². The third kappa shape index (κ3) is 4.76. The predicted octanol–water partition coefficient (Wildman–Crippen LogP) is 1.13. The first-order chi connectivity index (χ1) is 8.48. The molecule has 0 aliphatic carbocycles. The zero-order valence-corrected chi connectivity index (χ0v) is 11.7. The summed E-state index contributed by atoms with van der Waals surface area (Å²) in [5, 5.41) is 12.5. The van der Waals surface area contributed by atoms with Gasteiger partial charge in [0.25, 0.3) is 0 Å². The first-order valence-electron chi connectivity index (χ1n) is 6.10. The van der Waals surface area contributed by atoms with E-state index in [4.69, 9.17) is 0 Å². The van der Waals surface area contributed by atoms with Gasteiger partial charge in [-0.25, -0.2) is 8.42 Å². The van der Waals surface area contributed by atoms with Gasteiger partial charge in [-0.3, -0.25) is 0 Å². The molecule has 0 amide bonds. The Morgan fingerprint density at radius 3 is 2.39 bits per heavy atom. The van der Waals surface area contributed by atoms with E-state index in [1.54, 1.807) is 6.92 Å². The number of benzene rings is 1. The highest BCUT2D eigenvalue weighted by Gasteiger charge is 2.17. The molecular formula is C13H21NO3S. The van der Waals surface area contributed by atoms with Crippen LogP contribution < -0.4 is 5.32 Å². The predicted molar refractivity (Wildman–Crippen MR) is 73.2 cm³/mol. The molecule has 4 nitrogen and oxygen atoms in total. The van der Waals surface area contributed by atoms with Crippen LogP contribution in [0.25, 0.3) is 0 Å². The Hall–Kier alpha value is -0.910. The fraction of sp³-hybridized carbons (Fsp3) is 0.538. The number of nitrogens with one attached hydrogen (secondary N) is 1. The van der Waals surface area contributed by atoms with Crippen LogP contribution >= 0.6 is 0 Å². The lowest BCUT2D eigenvalue weighted by molar-refractivity contribution is 0.237. The average Bonchev–Trinajstić information content (AvgIpc) is 2.36. The molecule has 0 aliphatic heterocycles. The van der Waals surface area contributed by atoms with Gasteiger partial charge in [0.2, 0.25) is 0 Å². The molecule has 0 saturated heterocycles. The van der Waals surface area contributed by atoms with Gasteiger partial charge < -0.3 is 10.4 Å². The summed E-state index contributed by atoms with van der Waals surface area (Å²) < 4.78 is 23.0. The Labute approximate surface area is 109 Å². The fourth-order valence-corrected chi connectivity index (χ4v) is 2.92. The van der Waals surface area contributed by atoms with E-state index in [-0.39, 0.29) is 30.2 Å². The second-order valence-electron chi connectivity index (χ2n) is 4.41. The lowest BCUT2D eigenvalue weighted by atomic mass is 10.1. The Bertz CT molecular complexity index is 445. The molecule has 0 fully saturated rings.